The Morgan fingerprint density at radius 1 is 0.929 bits per heavy atom. The lowest BCUT2D eigenvalue weighted by Gasteiger charge is -2.47. The van der Waals surface area contributed by atoms with E-state index in [1.54, 1.807) is 26.4 Å². The average molecular weight is 198 g/mol. The van der Waals surface area contributed by atoms with Gasteiger partial charge in [-0.1, -0.05) is 12.2 Å². The van der Waals surface area contributed by atoms with Crippen molar-refractivity contribution in [2.75, 3.05) is 27.4 Å². The van der Waals surface area contributed by atoms with E-state index in [9.17, 15) is 0 Å². The van der Waals surface area contributed by atoms with E-state index in [4.69, 9.17) is 18.9 Å². The molecule has 0 amide bonds. The van der Waals surface area contributed by atoms with E-state index in [-0.39, 0.29) is 0 Å². The fourth-order valence-corrected chi connectivity index (χ4v) is 1.82. The van der Waals surface area contributed by atoms with E-state index >= 15 is 0 Å². The van der Waals surface area contributed by atoms with Crippen LogP contribution in [0.1, 0.15) is 0 Å². The second-order valence-corrected chi connectivity index (χ2v) is 3.16. The zero-order chi connectivity index (χ0) is 10.1. The lowest BCUT2D eigenvalue weighted by molar-refractivity contribution is -0.390. The molecule has 0 N–H and O–H groups in total. The van der Waals surface area contributed by atoms with E-state index in [2.05, 4.69) is 0 Å². The highest BCUT2D eigenvalue weighted by atomic mass is 16.8. The second kappa shape index (κ2) is 3.47. The molecule has 1 heterocycles. The van der Waals surface area contributed by atoms with Crippen LogP contribution in [-0.2, 0) is 18.9 Å². The van der Waals surface area contributed by atoms with E-state index in [0.29, 0.717) is 13.2 Å². The van der Waals surface area contributed by atoms with Gasteiger partial charge in [-0.25, -0.2) is 0 Å². The molecule has 1 aliphatic carbocycles. The van der Waals surface area contributed by atoms with Gasteiger partial charge in [0.05, 0.1) is 13.2 Å². The standard InChI is InChI=1S/C10H14O4/c1-11-9-5-3-4-6-10(9,12-2)14-8-7-13-9/h3-6H,7-8H2,1-2H3. The monoisotopic (exact) mass is 198 g/mol. The summed E-state index contributed by atoms with van der Waals surface area (Å²) in [4.78, 5) is 0. The molecule has 2 aliphatic rings. The number of hydrogen-bond donors (Lipinski definition) is 0. The van der Waals surface area contributed by atoms with Gasteiger partial charge in [-0.2, -0.15) is 0 Å². The summed E-state index contributed by atoms with van der Waals surface area (Å²) < 4.78 is 21.9. The molecule has 1 fully saturated rings. The molecule has 1 saturated heterocycles. The third kappa shape index (κ3) is 1.15. The number of allylic oxidation sites excluding steroid dienone is 2. The Morgan fingerprint density at radius 3 is 1.71 bits per heavy atom. The molecule has 1 aliphatic heterocycles. The summed E-state index contributed by atoms with van der Waals surface area (Å²) in [7, 11) is 3.15. The summed E-state index contributed by atoms with van der Waals surface area (Å²) in [5.41, 5.74) is 0. The predicted molar refractivity (Wildman–Crippen MR) is 49.7 cm³/mol. The molecule has 2 unspecified atom stereocenters. The summed E-state index contributed by atoms with van der Waals surface area (Å²) in [6.07, 6.45) is 7.32. The molecular weight excluding hydrogens is 184 g/mol. The Bertz CT molecular complexity index is 245. The first-order valence-electron chi connectivity index (χ1n) is 4.54. The van der Waals surface area contributed by atoms with Crippen molar-refractivity contribution in [2.45, 2.75) is 11.6 Å². The Hall–Kier alpha value is -0.680. The number of fused-ring (bicyclic) bond motifs is 1. The molecule has 78 valence electrons. The molecule has 2 rings (SSSR count). The summed E-state index contributed by atoms with van der Waals surface area (Å²) in [6.45, 7) is 0.994. The van der Waals surface area contributed by atoms with Crippen molar-refractivity contribution in [1.82, 2.24) is 0 Å². The minimum Gasteiger partial charge on any atom is -0.345 e. The maximum absolute atomic E-state index is 5.60. The second-order valence-electron chi connectivity index (χ2n) is 3.16. The van der Waals surface area contributed by atoms with Crippen LogP contribution in [0.4, 0.5) is 0 Å². The highest BCUT2D eigenvalue weighted by Crippen LogP contribution is 2.39. The van der Waals surface area contributed by atoms with Crippen molar-refractivity contribution >= 4 is 0 Å². The van der Waals surface area contributed by atoms with Gasteiger partial charge in [0.2, 0.25) is 11.6 Å². The summed E-state index contributed by atoms with van der Waals surface area (Å²) >= 11 is 0. The maximum Gasteiger partial charge on any atom is 0.248 e. The lowest BCUT2D eigenvalue weighted by Crippen LogP contribution is -2.62. The van der Waals surface area contributed by atoms with Crippen LogP contribution in [-0.4, -0.2) is 39.0 Å². The highest BCUT2D eigenvalue weighted by molar-refractivity contribution is 5.25. The molecular formula is C10H14O4. The van der Waals surface area contributed by atoms with Gasteiger partial charge in [0, 0.05) is 14.2 Å². The van der Waals surface area contributed by atoms with Crippen LogP contribution >= 0.6 is 0 Å². The maximum atomic E-state index is 5.60. The average Bonchev–Trinajstić information content (AvgIpc) is 2.28. The van der Waals surface area contributed by atoms with Gasteiger partial charge in [0.1, 0.15) is 0 Å². The first-order chi connectivity index (χ1) is 6.79. The van der Waals surface area contributed by atoms with Crippen LogP contribution in [0, 0.1) is 0 Å². The molecule has 0 aromatic carbocycles. The van der Waals surface area contributed by atoms with Gasteiger partial charge in [0.25, 0.3) is 0 Å². The first kappa shape index (κ1) is 9.86. The van der Waals surface area contributed by atoms with Crippen LogP contribution in [0.2, 0.25) is 0 Å². The van der Waals surface area contributed by atoms with Crippen LogP contribution in [0.25, 0.3) is 0 Å². The summed E-state index contributed by atoms with van der Waals surface area (Å²) in [6, 6.07) is 0. The Kier molecular flexibility index (Phi) is 2.45. The third-order valence-corrected chi connectivity index (χ3v) is 2.55. The van der Waals surface area contributed by atoms with E-state index in [0.717, 1.165) is 0 Å². The Balaban J connectivity index is 2.39. The third-order valence-electron chi connectivity index (χ3n) is 2.55. The summed E-state index contributed by atoms with van der Waals surface area (Å²) in [5, 5.41) is 0. The van der Waals surface area contributed by atoms with Gasteiger partial charge < -0.3 is 18.9 Å². The number of methoxy groups -OCH3 is 2. The minimum atomic E-state index is -0.950. The van der Waals surface area contributed by atoms with E-state index < -0.39 is 11.6 Å². The molecule has 2 atom stereocenters. The molecule has 0 saturated carbocycles. The minimum absolute atomic E-state index is 0.497. The topological polar surface area (TPSA) is 36.9 Å². The molecule has 4 heteroatoms. The van der Waals surface area contributed by atoms with Crippen molar-refractivity contribution in [3.63, 3.8) is 0 Å². The van der Waals surface area contributed by atoms with E-state index in [1.165, 1.54) is 0 Å². The first-order valence-corrected chi connectivity index (χ1v) is 4.54. The van der Waals surface area contributed by atoms with Crippen LogP contribution in [0.15, 0.2) is 24.3 Å². The van der Waals surface area contributed by atoms with Crippen molar-refractivity contribution in [3.8, 4) is 0 Å². The largest absolute Gasteiger partial charge is 0.345 e. The Morgan fingerprint density at radius 2 is 1.36 bits per heavy atom. The smallest absolute Gasteiger partial charge is 0.248 e. The van der Waals surface area contributed by atoms with Gasteiger partial charge >= 0.3 is 0 Å². The highest BCUT2D eigenvalue weighted by Gasteiger charge is 2.55. The van der Waals surface area contributed by atoms with Crippen molar-refractivity contribution in [1.29, 1.82) is 0 Å². The number of hydrogen-bond acceptors (Lipinski definition) is 4. The van der Waals surface area contributed by atoms with Crippen LogP contribution < -0.4 is 0 Å². The van der Waals surface area contributed by atoms with Crippen molar-refractivity contribution < 1.29 is 18.9 Å². The molecule has 0 aromatic rings. The van der Waals surface area contributed by atoms with Gasteiger partial charge in [0.15, 0.2) is 0 Å². The quantitative estimate of drug-likeness (QED) is 0.659. The molecule has 0 bridgehead atoms. The van der Waals surface area contributed by atoms with Gasteiger partial charge in [-0.3, -0.25) is 0 Å². The fourth-order valence-electron chi connectivity index (χ4n) is 1.82. The summed E-state index contributed by atoms with van der Waals surface area (Å²) in [5.74, 6) is -1.90. The molecule has 14 heavy (non-hydrogen) atoms. The Labute approximate surface area is 83.1 Å². The molecule has 0 radical (unpaired) electrons. The van der Waals surface area contributed by atoms with Crippen molar-refractivity contribution in [3.05, 3.63) is 24.3 Å². The number of rotatable bonds is 2. The fraction of sp³-hybridized carbons (Fsp3) is 0.600. The molecule has 4 nitrogen and oxygen atoms in total. The molecule has 0 spiro atoms. The van der Waals surface area contributed by atoms with Crippen molar-refractivity contribution in [2.24, 2.45) is 0 Å². The van der Waals surface area contributed by atoms with E-state index in [1.807, 2.05) is 12.2 Å². The zero-order valence-electron chi connectivity index (χ0n) is 8.36. The predicted octanol–water partition coefficient (Wildman–Crippen LogP) is 0.845. The zero-order valence-corrected chi connectivity index (χ0v) is 8.36. The van der Waals surface area contributed by atoms with Crippen LogP contribution in [0.3, 0.4) is 0 Å². The lowest BCUT2D eigenvalue weighted by atomic mass is 9.98. The SMILES string of the molecule is COC12C=CC=CC1(OC)OCCO2. The number of ether oxygens (including phenoxy) is 4. The van der Waals surface area contributed by atoms with Gasteiger partial charge in [-0.15, -0.1) is 0 Å². The normalized spacial score (nSPS) is 41.0. The molecule has 0 aromatic heterocycles. The van der Waals surface area contributed by atoms with Crippen LogP contribution in [0.5, 0.6) is 0 Å². The van der Waals surface area contributed by atoms with Gasteiger partial charge in [-0.05, 0) is 12.2 Å².